The van der Waals surface area contributed by atoms with E-state index in [1.165, 1.54) is 18.3 Å². The van der Waals surface area contributed by atoms with Crippen LogP contribution < -0.4 is 15.0 Å². The Hall–Kier alpha value is -3.52. The number of ether oxygens (including phenoxy) is 1. The summed E-state index contributed by atoms with van der Waals surface area (Å²) >= 11 is 1.17. The first-order valence-corrected chi connectivity index (χ1v) is 11.9. The minimum absolute atomic E-state index is 0.0484. The van der Waals surface area contributed by atoms with Crippen LogP contribution in [-0.4, -0.2) is 29.7 Å². The van der Waals surface area contributed by atoms with E-state index in [9.17, 15) is 14.4 Å². The first-order chi connectivity index (χ1) is 16.3. The number of nitrogens with one attached hydrogen (secondary N) is 1. The zero-order valence-electron chi connectivity index (χ0n) is 19.6. The lowest BCUT2D eigenvalue weighted by Crippen LogP contribution is -2.47. The van der Waals surface area contributed by atoms with Crippen molar-refractivity contribution in [2.45, 2.75) is 39.7 Å². The van der Waals surface area contributed by atoms with Gasteiger partial charge in [-0.25, -0.2) is 4.98 Å². The molecule has 3 aromatic rings. The lowest BCUT2D eigenvalue weighted by atomic mass is 9.82. The first-order valence-electron chi connectivity index (χ1n) is 11.1. The number of Topliss-reactive ketones (excluding diaryl/α,β-unsaturated/α-hetero) is 1. The summed E-state index contributed by atoms with van der Waals surface area (Å²) < 4.78 is 5.61. The minimum atomic E-state index is -0.562. The van der Waals surface area contributed by atoms with Gasteiger partial charge in [-0.15, -0.1) is 0 Å². The van der Waals surface area contributed by atoms with E-state index >= 15 is 0 Å². The van der Waals surface area contributed by atoms with Crippen LogP contribution in [0.4, 0.5) is 10.8 Å². The quantitative estimate of drug-likeness (QED) is 0.500. The normalized spacial score (nSPS) is 18.0. The fourth-order valence-electron chi connectivity index (χ4n) is 4.42. The smallest absolute Gasteiger partial charge is 0.231 e. The Morgan fingerprint density at radius 2 is 1.82 bits per heavy atom. The molecule has 1 N–H and O–H groups in total. The van der Waals surface area contributed by atoms with Gasteiger partial charge in [0, 0.05) is 24.6 Å². The largest absolute Gasteiger partial charge is 0.496 e. The molecule has 4 rings (SSSR count). The highest BCUT2D eigenvalue weighted by Crippen LogP contribution is 2.43. The van der Waals surface area contributed by atoms with Crippen molar-refractivity contribution in [2.24, 2.45) is 5.92 Å². The molecule has 1 aliphatic heterocycles. The van der Waals surface area contributed by atoms with E-state index in [1.807, 2.05) is 55.5 Å². The van der Waals surface area contributed by atoms with Gasteiger partial charge in [0.25, 0.3) is 0 Å². The van der Waals surface area contributed by atoms with Crippen molar-refractivity contribution in [3.8, 4) is 5.75 Å². The predicted molar refractivity (Wildman–Crippen MR) is 133 cm³/mol. The zero-order valence-corrected chi connectivity index (χ0v) is 20.4. The molecule has 0 unspecified atom stereocenters. The number of hydrogen-bond donors (Lipinski definition) is 1. The molecular formula is C26H27N3O4S. The molecule has 1 aliphatic rings. The van der Waals surface area contributed by atoms with Crippen molar-refractivity contribution < 1.29 is 19.1 Å². The Labute approximate surface area is 202 Å². The summed E-state index contributed by atoms with van der Waals surface area (Å²) in [5.41, 5.74) is 3.16. The summed E-state index contributed by atoms with van der Waals surface area (Å²) in [5.74, 6) is -0.310. The summed E-state index contributed by atoms with van der Waals surface area (Å²) in [6.07, 6.45) is 0.632. The second-order valence-electron chi connectivity index (χ2n) is 8.41. The number of carbonyl (C=O) groups excluding carboxylic acids is 3. The summed E-state index contributed by atoms with van der Waals surface area (Å²) in [4.78, 5) is 45.2. The van der Waals surface area contributed by atoms with Crippen molar-refractivity contribution in [1.82, 2.24) is 4.98 Å². The Kier molecular flexibility index (Phi) is 6.79. The first kappa shape index (κ1) is 23.6. The number of amides is 2. The van der Waals surface area contributed by atoms with Gasteiger partial charge in [0.15, 0.2) is 10.9 Å². The number of piperidine rings is 1. The van der Waals surface area contributed by atoms with Crippen LogP contribution in [0.2, 0.25) is 0 Å². The van der Waals surface area contributed by atoms with Crippen molar-refractivity contribution in [1.29, 1.82) is 0 Å². The molecule has 2 atom stereocenters. The molecule has 176 valence electrons. The number of ketones is 1. The third kappa shape index (κ3) is 4.59. The van der Waals surface area contributed by atoms with E-state index < -0.39 is 12.0 Å². The highest BCUT2D eigenvalue weighted by Gasteiger charge is 2.42. The number of anilines is 2. The molecule has 1 fully saturated rings. The maximum Gasteiger partial charge on any atom is 0.231 e. The van der Waals surface area contributed by atoms with Crippen LogP contribution in [0.15, 0.2) is 48.5 Å². The van der Waals surface area contributed by atoms with Gasteiger partial charge in [-0.2, -0.15) is 0 Å². The van der Waals surface area contributed by atoms with Crippen molar-refractivity contribution >= 4 is 39.8 Å². The second kappa shape index (κ2) is 9.77. The lowest BCUT2D eigenvalue weighted by molar-refractivity contribution is -0.126. The fraction of sp³-hybridized carbons (Fsp3) is 0.308. The Bertz CT molecular complexity index is 1240. The highest BCUT2D eigenvalue weighted by molar-refractivity contribution is 7.17. The zero-order chi connectivity index (χ0) is 24.4. The number of aromatic nitrogens is 1. The number of benzene rings is 2. The Balaban J connectivity index is 1.76. The number of para-hydroxylation sites is 1. The van der Waals surface area contributed by atoms with E-state index in [1.54, 1.807) is 18.9 Å². The Morgan fingerprint density at radius 3 is 2.47 bits per heavy atom. The van der Waals surface area contributed by atoms with Gasteiger partial charge >= 0.3 is 0 Å². The van der Waals surface area contributed by atoms with E-state index in [4.69, 9.17) is 4.74 Å². The molecule has 8 heteroatoms. The average molecular weight is 478 g/mol. The molecule has 2 amide bonds. The fourth-order valence-corrected chi connectivity index (χ4v) is 5.28. The number of rotatable bonds is 6. The molecule has 0 spiro atoms. The summed E-state index contributed by atoms with van der Waals surface area (Å²) in [5, 5.41) is 3.28. The second-order valence-corrected chi connectivity index (χ2v) is 9.41. The molecule has 0 saturated carbocycles. The number of methoxy groups -OCH3 is 1. The number of nitrogens with zero attached hydrogens (tertiary/aromatic N) is 2. The summed E-state index contributed by atoms with van der Waals surface area (Å²) in [7, 11) is 1.58. The van der Waals surface area contributed by atoms with E-state index in [0.717, 1.165) is 16.8 Å². The standard InChI is InChI=1S/C26H27N3O4S/c1-15-9-11-18(12-10-15)29-22(31)14-13-20(23(29)19-7-5-6-8-21(19)33-4)25(32)28-26-27-16(2)24(34-26)17(3)30/h5-12,20,23H,13-14H2,1-4H3,(H,27,28,32)/t20-,23+/m0/s1. The van der Waals surface area contributed by atoms with Crippen LogP contribution >= 0.6 is 11.3 Å². The Morgan fingerprint density at radius 1 is 1.12 bits per heavy atom. The van der Waals surface area contributed by atoms with E-state index in [-0.39, 0.29) is 24.0 Å². The third-order valence-electron chi connectivity index (χ3n) is 6.05. The summed E-state index contributed by atoms with van der Waals surface area (Å²) in [6, 6.07) is 14.6. The average Bonchev–Trinajstić information content (AvgIpc) is 3.19. The van der Waals surface area contributed by atoms with Gasteiger partial charge in [0.05, 0.1) is 29.6 Å². The maximum atomic E-state index is 13.6. The van der Waals surface area contributed by atoms with Crippen molar-refractivity contribution in [2.75, 3.05) is 17.3 Å². The molecular weight excluding hydrogens is 450 g/mol. The molecule has 1 saturated heterocycles. The molecule has 0 radical (unpaired) electrons. The van der Waals surface area contributed by atoms with Crippen LogP contribution in [0, 0.1) is 19.8 Å². The highest BCUT2D eigenvalue weighted by atomic mass is 32.1. The lowest BCUT2D eigenvalue weighted by Gasteiger charge is -2.41. The van der Waals surface area contributed by atoms with Gasteiger partial charge in [-0.05, 0) is 38.5 Å². The topological polar surface area (TPSA) is 88.6 Å². The van der Waals surface area contributed by atoms with Crippen molar-refractivity contribution in [3.05, 3.63) is 70.2 Å². The number of carbonyl (C=O) groups is 3. The molecule has 2 heterocycles. The molecule has 7 nitrogen and oxygen atoms in total. The van der Waals surface area contributed by atoms with Gasteiger partial charge < -0.3 is 15.0 Å². The molecule has 0 aliphatic carbocycles. The van der Waals surface area contributed by atoms with Gasteiger partial charge in [0.2, 0.25) is 11.8 Å². The van der Waals surface area contributed by atoms with Crippen LogP contribution in [0.1, 0.15) is 52.3 Å². The van der Waals surface area contributed by atoms with E-state index in [0.29, 0.717) is 27.9 Å². The van der Waals surface area contributed by atoms with Gasteiger partial charge in [-0.1, -0.05) is 47.2 Å². The third-order valence-corrected chi connectivity index (χ3v) is 7.22. The van der Waals surface area contributed by atoms with Gasteiger partial charge in [-0.3, -0.25) is 14.4 Å². The predicted octanol–water partition coefficient (Wildman–Crippen LogP) is 5.09. The van der Waals surface area contributed by atoms with Crippen LogP contribution in [0.5, 0.6) is 5.75 Å². The number of thiazole rings is 1. The molecule has 0 bridgehead atoms. The molecule has 34 heavy (non-hydrogen) atoms. The minimum Gasteiger partial charge on any atom is -0.496 e. The van der Waals surface area contributed by atoms with Crippen molar-refractivity contribution in [3.63, 3.8) is 0 Å². The van der Waals surface area contributed by atoms with Crippen LogP contribution in [0.25, 0.3) is 0 Å². The monoisotopic (exact) mass is 477 g/mol. The van der Waals surface area contributed by atoms with Crippen LogP contribution in [0.3, 0.4) is 0 Å². The number of hydrogen-bond acceptors (Lipinski definition) is 6. The van der Waals surface area contributed by atoms with Crippen LogP contribution in [-0.2, 0) is 9.59 Å². The SMILES string of the molecule is COc1ccccc1[C@@H]1[C@@H](C(=O)Nc2nc(C)c(C(C)=O)s2)CCC(=O)N1c1ccc(C)cc1. The molecule has 1 aromatic heterocycles. The van der Waals surface area contributed by atoms with E-state index in [2.05, 4.69) is 10.3 Å². The maximum absolute atomic E-state index is 13.6. The summed E-state index contributed by atoms with van der Waals surface area (Å²) in [6.45, 7) is 5.22. The molecule has 2 aromatic carbocycles. The van der Waals surface area contributed by atoms with Gasteiger partial charge in [0.1, 0.15) is 5.75 Å². The number of aryl methyl sites for hydroxylation is 2.